The Morgan fingerprint density at radius 3 is 2.45 bits per heavy atom. The van der Waals surface area contributed by atoms with E-state index in [1.807, 2.05) is 43.3 Å². The van der Waals surface area contributed by atoms with Crippen molar-refractivity contribution in [2.75, 3.05) is 5.73 Å². The van der Waals surface area contributed by atoms with Crippen LogP contribution in [-0.2, 0) is 17.0 Å². The van der Waals surface area contributed by atoms with Gasteiger partial charge in [0.1, 0.15) is 0 Å². The zero-order valence-corrected chi connectivity index (χ0v) is 12.1. The van der Waals surface area contributed by atoms with Gasteiger partial charge in [0, 0.05) is 16.3 Å². The molecule has 20 heavy (non-hydrogen) atoms. The van der Waals surface area contributed by atoms with Crippen molar-refractivity contribution in [2.24, 2.45) is 0 Å². The van der Waals surface area contributed by atoms with Crippen molar-refractivity contribution in [1.29, 1.82) is 0 Å². The third-order valence-electron chi connectivity index (χ3n) is 2.94. The zero-order chi connectivity index (χ0) is 14.5. The summed E-state index contributed by atoms with van der Waals surface area (Å²) in [5.74, 6) is 0.0146. The van der Waals surface area contributed by atoms with Crippen LogP contribution >= 0.6 is 11.8 Å². The fourth-order valence-corrected chi connectivity index (χ4v) is 2.87. The molecule has 0 spiro atoms. The highest BCUT2D eigenvalue weighted by Gasteiger charge is 2.03. The van der Waals surface area contributed by atoms with E-state index in [2.05, 4.69) is 6.07 Å². The van der Waals surface area contributed by atoms with Gasteiger partial charge < -0.3 is 10.8 Å². The van der Waals surface area contributed by atoms with Crippen molar-refractivity contribution in [3.05, 3.63) is 59.2 Å². The van der Waals surface area contributed by atoms with Gasteiger partial charge in [-0.15, -0.1) is 11.8 Å². The van der Waals surface area contributed by atoms with Crippen LogP contribution in [0.15, 0.2) is 47.4 Å². The van der Waals surface area contributed by atoms with Gasteiger partial charge in [-0.2, -0.15) is 0 Å². The van der Waals surface area contributed by atoms with Gasteiger partial charge in [-0.05, 0) is 35.7 Å². The lowest BCUT2D eigenvalue weighted by molar-refractivity contribution is -0.136. The van der Waals surface area contributed by atoms with Crippen LogP contribution in [0.2, 0.25) is 0 Å². The lowest BCUT2D eigenvalue weighted by atomic mass is 10.1. The van der Waals surface area contributed by atoms with Gasteiger partial charge in [0.15, 0.2) is 0 Å². The Labute approximate surface area is 122 Å². The van der Waals surface area contributed by atoms with Gasteiger partial charge in [0.05, 0.1) is 6.42 Å². The van der Waals surface area contributed by atoms with Gasteiger partial charge in [0.25, 0.3) is 0 Å². The first-order chi connectivity index (χ1) is 9.54. The maximum absolute atomic E-state index is 10.6. The molecule has 2 aromatic rings. The summed E-state index contributed by atoms with van der Waals surface area (Å²) < 4.78 is 0. The monoisotopic (exact) mass is 287 g/mol. The standard InChI is InChI=1S/C16H17NO2S/c1-11-2-7-14(17)15(8-11)20-10-13-5-3-12(4-6-13)9-16(18)19/h2-8H,9-10,17H2,1H3,(H,18,19). The summed E-state index contributed by atoms with van der Waals surface area (Å²) in [7, 11) is 0. The molecule has 3 N–H and O–H groups in total. The van der Waals surface area contributed by atoms with Gasteiger partial charge in [-0.25, -0.2) is 0 Å². The average molecular weight is 287 g/mol. The molecule has 0 saturated carbocycles. The fraction of sp³-hybridized carbons (Fsp3) is 0.188. The Balaban J connectivity index is 2.00. The first kappa shape index (κ1) is 14.5. The van der Waals surface area contributed by atoms with E-state index in [1.165, 1.54) is 5.56 Å². The number of aliphatic carboxylic acids is 1. The number of carbonyl (C=O) groups is 1. The lowest BCUT2D eigenvalue weighted by Gasteiger charge is -2.07. The number of hydrogen-bond donors (Lipinski definition) is 2. The minimum Gasteiger partial charge on any atom is -0.481 e. The summed E-state index contributed by atoms with van der Waals surface area (Å²) in [4.78, 5) is 11.7. The highest BCUT2D eigenvalue weighted by molar-refractivity contribution is 7.98. The molecule has 2 aromatic carbocycles. The SMILES string of the molecule is Cc1ccc(N)c(SCc2ccc(CC(=O)O)cc2)c1. The molecule has 0 aliphatic carbocycles. The van der Waals surface area contributed by atoms with E-state index >= 15 is 0 Å². The van der Waals surface area contributed by atoms with Gasteiger partial charge in [-0.1, -0.05) is 30.3 Å². The van der Waals surface area contributed by atoms with Crippen LogP contribution in [0.5, 0.6) is 0 Å². The van der Waals surface area contributed by atoms with Crippen LogP contribution in [-0.4, -0.2) is 11.1 Å². The summed E-state index contributed by atoms with van der Waals surface area (Å²) in [6.45, 7) is 2.05. The maximum atomic E-state index is 10.6. The molecule has 0 heterocycles. The number of hydrogen-bond acceptors (Lipinski definition) is 3. The molecule has 0 aromatic heterocycles. The summed E-state index contributed by atoms with van der Waals surface area (Å²) in [6.07, 6.45) is 0.0677. The molecular weight excluding hydrogens is 270 g/mol. The molecule has 4 heteroatoms. The lowest BCUT2D eigenvalue weighted by Crippen LogP contribution is -1.99. The van der Waals surface area contributed by atoms with E-state index in [0.29, 0.717) is 0 Å². The number of rotatable bonds is 5. The summed E-state index contributed by atoms with van der Waals surface area (Å²) in [5.41, 5.74) is 9.91. The highest BCUT2D eigenvalue weighted by Crippen LogP contribution is 2.29. The molecule has 0 fully saturated rings. The Morgan fingerprint density at radius 2 is 1.80 bits per heavy atom. The van der Waals surface area contributed by atoms with E-state index in [4.69, 9.17) is 10.8 Å². The molecule has 104 valence electrons. The summed E-state index contributed by atoms with van der Waals surface area (Å²) in [5, 5.41) is 8.73. The fourth-order valence-electron chi connectivity index (χ4n) is 1.86. The number of anilines is 1. The Hall–Kier alpha value is -1.94. The number of aryl methyl sites for hydroxylation is 1. The third-order valence-corrected chi connectivity index (χ3v) is 4.08. The quantitative estimate of drug-likeness (QED) is 0.652. The van der Waals surface area contributed by atoms with Crippen molar-refractivity contribution in [2.45, 2.75) is 24.0 Å². The average Bonchev–Trinajstić information content (AvgIpc) is 2.41. The molecule has 0 unspecified atom stereocenters. The Bertz CT molecular complexity index is 608. The number of nitrogen functional groups attached to an aromatic ring is 1. The molecule has 0 radical (unpaired) electrons. The highest BCUT2D eigenvalue weighted by atomic mass is 32.2. The molecule has 0 atom stereocenters. The molecule has 0 bridgehead atoms. The van der Waals surface area contributed by atoms with Crippen LogP contribution < -0.4 is 5.73 Å². The smallest absolute Gasteiger partial charge is 0.307 e. The second-order valence-corrected chi connectivity index (χ2v) is 5.73. The van der Waals surface area contributed by atoms with Crippen LogP contribution in [0.3, 0.4) is 0 Å². The molecule has 0 aliphatic heterocycles. The third kappa shape index (κ3) is 4.03. The summed E-state index contributed by atoms with van der Waals surface area (Å²) >= 11 is 1.69. The van der Waals surface area contributed by atoms with Crippen LogP contribution in [0.1, 0.15) is 16.7 Å². The van der Waals surface area contributed by atoms with Crippen molar-refractivity contribution in [3.8, 4) is 0 Å². The largest absolute Gasteiger partial charge is 0.481 e. The second-order valence-electron chi connectivity index (χ2n) is 4.72. The first-order valence-corrected chi connectivity index (χ1v) is 7.31. The van der Waals surface area contributed by atoms with E-state index in [1.54, 1.807) is 11.8 Å². The van der Waals surface area contributed by atoms with E-state index < -0.39 is 5.97 Å². The summed E-state index contributed by atoms with van der Waals surface area (Å²) in [6, 6.07) is 13.7. The van der Waals surface area contributed by atoms with Crippen molar-refractivity contribution < 1.29 is 9.90 Å². The molecular formula is C16H17NO2S. The first-order valence-electron chi connectivity index (χ1n) is 6.33. The Kier molecular flexibility index (Phi) is 4.69. The normalized spacial score (nSPS) is 10.4. The maximum Gasteiger partial charge on any atom is 0.307 e. The Morgan fingerprint density at radius 1 is 1.15 bits per heavy atom. The predicted octanol–water partition coefficient (Wildman–Crippen LogP) is 3.50. The molecule has 2 rings (SSSR count). The van der Waals surface area contributed by atoms with E-state index in [0.717, 1.165) is 27.5 Å². The molecule has 0 amide bonds. The number of benzene rings is 2. The minimum atomic E-state index is -0.806. The number of nitrogens with two attached hydrogens (primary N) is 1. The van der Waals surface area contributed by atoms with E-state index in [-0.39, 0.29) is 6.42 Å². The topological polar surface area (TPSA) is 63.3 Å². The number of thioether (sulfide) groups is 1. The van der Waals surface area contributed by atoms with Gasteiger partial charge in [-0.3, -0.25) is 4.79 Å². The van der Waals surface area contributed by atoms with E-state index in [9.17, 15) is 4.79 Å². The number of carboxylic acids is 1. The second kappa shape index (κ2) is 6.48. The van der Waals surface area contributed by atoms with Gasteiger partial charge >= 0.3 is 5.97 Å². The molecule has 3 nitrogen and oxygen atoms in total. The molecule has 0 saturated heterocycles. The van der Waals surface area contributed by atoms with Crippen molar-refractivity contribution in [1.82, 2.24) is 0 Å². The van der Waals surface area contributed by atoms with Crippen LogP contribution in [0.25, 0.3) is 0 Å². The molecule has 0 aliphatic rings. The van der Waals surface area contributed by atoms with Gasteiger partial charge in [0.2, 0.25) is 0 Å². The van der Waals surface area contributed by atoms with Crippen LogP contribution in [0.4, 0.5) is 5.69 Å². The minimum absolute atomic E-state index is 0.0677. The predicted molar refractivity (Wildman–Crippen MR) is 82.9 cm³/mol. The zero-order valence-electron chi connectivity index (χ0n) is 11.3. The van der Waals surface area contributed by atoms with Crippen molar-refractivity contribution >= 4 is 23.4 Å². The van der Waals surface area contributed by atoms with Crippen LogP contribution in [0, 0.1) is 6.92 Å². The number of carboxylic acid groups (broad SMARTS) is 1. The van der Waals surface area contributed by atoms with Crippen molar-refractivity contribution in [3.63, 3.8) is 0 Å².